The smallest absolute Gasteiger partial charge is 0.108 e. The Hall–Kier alpha value is -0.940. The second kappa shape index (κ2) is 3.57. The van der Waals surface area contributed by atoms with Crippen LogP contribution in [-0.4, -0.2) is 32.2 Å². The maximum absolute atomic E-state index is 8.94. The Balaban J connectivity index is 1.77. The molecule has 2 aliphatic rings. The molecule has 1 aromatic heterocycles. The highest BCUT2D eigenvalue weighted by Gasteiger charge is 2.34. The first-order valence-corrected chi connectivity index (χ1v) is 5.63. The van der Waals surface area contributed by atoms with Gasteiger partial charge in [-0.15, -0.1) is 5.10 Å². The van der Waals surface area contributed by atoms with Gasteiger partial charge in [-0.05, 0) is 25.7 Å². The van der Waals surface area contributed by atoms with E-state index in [0.29, 0.717) is 23.8 Å². The molecule has 15 heavy (non-hydrogen) atoms. The molecule has 1 unspecified atom stereocenters. The summed E-state index contributed by atoms with van der Waals surface area (Å²) in [7, 11) is 0. The van der Waals surface area contributed by atoms with E-state index < -0.39 is 0 Å². The van der Waals surface area contributed by atoms with E-state index in [1.165, 1.54) is 12.8 Å². The summed E-state index contributed by atoms with van der Waals surface area (Å²) in [5.41, 5.74) is 0.667. The van der Waals surface area contributed by atoms with E-state index in [4.69, 9.17) is 5.11 Å². The number of hydrogen-bond acceptors (Lipinski definition) is 4. The predicted octanol–water partition coefficient (Wildman–Crippen LogP) is 0.226. The molecule has 3 rings (SSSR count). The first kappa shape index (κ1) is 9.30. The number of fused-ring (bicyclic) bond motifs is 2. The van der Waals surface area contributed by atoms with Gasteiger partial charge in [-0.3, -0.25) is 0 Å². The lowest BCUT2D eigenvalue weighted by Gasteiger charge is -2.28. The molecule has 0 saturated carbocycles. The molecule has 2 bridgehead atoms. The lowest BCUT2D eigenvalue weighted by atomic mass is 10.0. The van der Waals surface area contributed by atoms with E-state index >= 15 is 0 Å². The van der Waals surface area contributed by atoms with Crippen LogP contribution in [0, 0.1) is 0 Å². The van der Waals surface area contributed by atoms with Crippen LogP contribution in [0.3, 0.4) is 0 Å². The molecule has 0 aromatic carbocycles. The van der Waals surface area contributed by atoms with Crippen LogP contribution in [0.1, 0.15) is 37.4 Å². The number of rotatable bonds is 2. The van der Waals surface area contributed by atoms with Gasteiger partial charge in [0.15, 0.2) is 0 Å². The second-order valence-corrected chi connectivity index (χ2v) is 4.61. The summed E-state index contributed by atoms with van der Waals surface area (Å²) in [5.74, 6) is 0. The monoisotopic (exact) mass is 208 g/mol. The van der Waals surface area contributed by atoms with Gasteiger partial charge in [0.2, 0.25) is 0 Å². The third kappa shape index (κ3) is 1.66. The van der Waals surface area contributed by atoms with Gasteiger partial charge in [0.05, 0.1) is 18.8 Å². The number of piperidine rings is 1. The molecule has 0 aliphatic carbocycles. The van der Waals surface area contributed by atoms with Crippen LogP contribution in [0.2, 0.25) is 0 Å². The summed E-state index contributed by atoms with van der Waals surface area (Å²) < 4.78 is 1.93. The van der Waals surface area contributed by atoms with Crippen molar-refractivity contribution in [3.05, 3.63) is 11.9 Å². The molecule has 5 heteroatoms. The largest absolute Gasteiger partial charge is 0.390 e. The van der Waals surface area contributed by atoms with Gasteiger partial charge in [0, 0.05) is 12.1 Å². The average molecular weight is 208 g/mol. The zero-order chi connectivity index (χ0) is 10.3. The first-order valence-electron chi connectivity index (χ1n) is 5.63. The van der Waals surface area contributed by atoms with Gasteiger partial charge >= 0.3 is 0 Å². The fourth-order valence-corrected chi connectivity index (χ4v) is 2.81. The van der Waals surface area contributed by atoms with Crippen LogP contribution in [0.4, 0.5) is 0 Å². The number of hydrogen-bond donors (Lipinski definition) is 2. The average Bonchev–Trinajstić information content (AvgIpc) is 2.85. The molecular weight excluding hydrogens is 192 g/mol. The first-order chi connectivity index (χ1) is 7.35. The normalized spacial score (nSPS) is 34.6. The Kier molecular flexibility index (Phi) is 2.21. The van der Waals surface area contributed by atoms with E-state index in [2.05, 4.69) is 15.6 Å². The molecule has 2 fully saturated rings. The third-order valence-corrected chi connectivity index (χ3v) is 3.54. The summed E-state index contributed by atoms with van der Waals surface area (Å²) in [4.78, 5) is 0. The van der Waals surface area contributed by atoms with Crippen LogP contribution in [0.25, 0.3) is 0 Å². The van der Waals surface area contributed by atoms with Gasteiger partial charge < -0.3 is 10.4 Å². The SMILES string of the molecule is OCc1cn(C2C[C@H]3CC[C@@H](C2)N3)nn1. The topological polar surface area (TPSA) is 63.0 Å². The Labute approximate surface area is 88.5 Å². The van der Waals surface area contributed by atoms with Crippen LogP contribution in [0.5, 0.6) is 0 Å². The number of aromatic nitrogens is 3. The van der Waals surface area contributed by atoms with Crippen LogP contribution >= 0.6 is 0 Å². The molecule has 3 atom stereocenters. The van der Waals surface area contributed by atoms with Crippen molar-refractivity contribution in [2.24, 2.45) is 0 Å². The van der Waals surface area contributed by atoms with Gasteiger partial charge in [-0.1, -0.05) is 5.21 Å². The number of nitrogens with one attached hydrogen (secondary N) is 1. The van der Waals surface area contributed by atoms with Crippen LogP contribution in [-0.2, 0) is 6.61 Å². The second-order valence-electron chi connectivity index (χ2n) is 4.61. The fraction of sp³-hybridized carbons (Fsp3) is 0.800. The molecule has 0 spiro atoms. The highest BCUT2D eigenvalue weighted by molar-refractivity contribution is 4.97. The van der Waals surface area contributed by atoms with Gasteiger partial charge in [0.1, 0.15) is 5.69 Å². The summed E-state index contributed by atoms with van der Waals surface area (Å²) in [6.45, 7) is -0.0160. The molecule has 2 aliphatic heterocycles. The minimum atomic E-state index is -0.0160. The lowest BCUT2D eigenvalue weighted by molar-refractivity contribution is 0.275. The summed E-state index contributed by atoms with van der Waals surface area (Å²) in [6, 6.07) is 1.79. The number of nitrogens with zero attached hydrogens (tertiary/aromatic N) is 3. The number of aliphatic hydroxyl groups is 1. The Morgan fingerprint density at radius 3 is 2.73 bits per heavy atom. The van der Waals surface area contributed by atoms with Gasteiger partial charge in [0.25, 0.3) is 0 Å². The van der Waals surface area contributed by atoms with Crippen LogP contribution < -0.4 is 5.32 Å². The number of aliphatic hydroxyl groups excluding tert-OH is 1. The highest BCUT2D eigenvalue weighted by Crippen LogP contribution is 2.33. The van der Waals surface area contributed by atoms with E-state index in [0.717, 1.165) is 12.8 Å². The van der Waals surface area contributed by atoms with Crippen molar-refractivity contribution in [2.45, 2.75) is 50.4 Å². The minimum Gasteiger partial charge on any atom is -0.390 e. The third-order valence-electron chi connectivity index (χ3n) is 3.54. The molecule has 1 aromatic rings. The lowest BCUT2D eigenvalue weighted by Crippen LogP contribution is -2.39. The molecule has 2 N–H and O–H groups in total. The molecule has 3 heterocycles. The van der Waals surface area contributed by atoms with Crippen LogP contribution in [0.15, 0.2) is 6.20 Å². The van der Waals surface area contributed by atoms with Gasteiger partial charge in [-0.25, -0.2) is 4.68 Å². The van der Waals surface area contributed by atoms with E-state index in [9.17, 15) is 0 Å². The maximum Gasteiger partial charge on any atom is 0.108 e. The van der Waals surface area contributed by atoms with Gasteiger partial charge in [-0.2, -0.15) is 0 Å². The summed E-state index contributed by atoms with van der Waals surface area (Å²) in [6.07, 6.45) is 6.75. The Morgan fingerprint density at radius 1 is 1.40 bits per heavy atom. The molecule has 2 saturated heterocycles. The van der Waals surface area contributed by atoms with Crippen molar-refractivity contribution >= 4 is 0 Å². The summed E-state index contributed by atoms with van der Waals surface area (Å²) in [5, 5.41) is 20.5. The Bertz CT molecular complexity index is 339. The van der Waals surface area contributed by atoms with Crippen molar-refractivity contribution in [3.8, 4) is 0 Å². The Morgan fingerprint density at radius 2 is 2.13 bits per heavy atom. The van der Waals surface area contributed by atoms with Crippen molar-refractivity contribution in [1.82, 2.24) is 20.3 Å². The fourth-order valence-electron chi connectivity index (χ4n) is 2.81. The zero-order valence-electron chi connectivity index (χ0n) is 8.63. The molecule has 0 amide bonds. The minimum absolute atomic E-state index is 0.0160. The predicted molar refractivity (Wildman–Crippen MR) is 54.2 cm³/mol. The van der Waals surface area contributed by atoms with Crippen molar-refractivity contribution < 1.29 is 5.11 Å². The molecule has 82 valence electrons. The van der Waals surface area contributed by atoms with E-state index in [1.807, 2.05) is 10.9 Å². The van der Waals surface area contributed by atoms with E-state index in [1.54, 1.807) is 0 Å². The van der Waals surface area contributed by atoms with E-state index in [-0.39, 0.29) is 6.61 Å². The highest BCUT2D eigenvalue weighted by atomic mass is 16.3. The standard InChI is InChI=1S/C10H16N4O/c15-6-9-5-14(13-12-9)10-3-7-1-2-8(4-10)11-7/h5,7-8,10-11,15H,1-4,6H2/t7-,8+,10?. The zero-order valence-corrected chi connectivity index (χ0v) is 8.63. The van der Waals surface area contributed by atoms with Crippen molar-refractivity contribution in [1.29, 1.82) is 0 Å². The van der Waals surface area contributed by atoms with Crippen molar-refractivity contribution in [3.63, 3.8) is 0 Å². The molecule has 5 nitrogen and oxygen atoms in total. The summed E-state index contributed by atoms with van der Waals surface area (Å²) >= 11 is 0. The maximum atomic E-state index is 8.94. The van der Waals surface area contributed by atoms with Crippen molar-refractivity contribution in [2.75, 3.05) is 0 Å². The quantitative estimate of drug-likeness (QED) is 0.730. The molecular formula is C10H16N4O. The molecule has 0 radical (unpaired) electrons.